The summed E-state index contributed by atoms with van der Waals surface area (Å²) in [5, 5.41) is 6.55. The van der Waals surface area contributed by atoms with E-state index in [-0.39, 0.29) is 6.04 Å². The van der Waals surface area contributed by atoms with Crippen LogP contribution in [0.1, 0.15) is 67.2 Å². The van der Waals surface area contributed by atoms with E-state index in [2.05, 4.69) is 224 Å². The van der Waals surface area contributed by atoms with E-state index in [9.17, 15) is 0 Å². The summed E-state index contributed by atoms with van der Waals surface area (Å²) in [6.07, 6.45) is 2.26. The van der Waals surface area contributed by atoms with E-state index >= 15 is 0 Å². The van der Waals surface area contributed by atoms with Crippen molar-refractivity contribution in [2.24, 2.45) is 4.99 Å². The maximum Gasteiger partial charge on any atom is 0.134 e. The summed E-state index contributed by atoms with van der Waals surface area (Å²) in [6, 6.07) is 79.4. The third-order valence-corrected chi connectivity index (χ3v) is 15.5. The van der Waals surface area contributed by atoms with E-state index in [0.717, 1.165) is 22.7 Å². The molecule has 3 aliphatic carbocycles. The molecular weight excluding hydrogens is 781 g/mol. The van der Waals surface area contributed by atoms with E-state index in [1.165, 1.54) is 92.5 Å². The summed E-state index contributed by atoms with van der Waals surface area (Å²) in [6.45, 7) is 0. The zero-order valence-corrected chi connectivity index (χ0v) is 35.0. The average Bonchev–Trinajstić information content (AvgIpc) is 3.99. The van der Waals surface area contributed by atoms with Gasteiger partial charge in [-0.05, 0) is 102 Å². The van der Waals surface area contributed by atoms with Gasteiger partial charge in [0, 0.05) is 25.7 Å². The van der Waals surface area contributed by atoms with E-state index in [1.807, 2.05) is 11.3 Å². The molecule has 2 nitrogen and oxygen atoms in total. The molecule has 0 saturated carbocycles. The summed E-state index contributed by atoms with van der Waals surface area (Å²) >= 11 is 1.90. The number of hydrogen-bond donors (Lipinski definition) is 1. The fraction of sp³-hybridized carbons (Fsp3) is 0.0500. The fourth-order valence-corrected chi connectivity index (χ4v) is 13.2. The van der Waals surface area contributed by atoms with Crippen molar-refractivity contribution in [2.75, 3.05) is 0 Å². The van der Waals surface area contributed by atoms with Crippen LogP contribution in [0.2, 0.25) is 0 Å². The van der Waals surface area contributed by atoms with Gasteiger partial charge in [-0.25, -0.2) is 4.99 Å². The largest absolute Gasteiger partial charge is 0.359 e. The van der Waals surface area contributed by atoms with Crippen LogP contribution in [0.5, 0.6) is 0 Å². The zero-order chi connectivity index (χ0) is 41.3. The van der Waals surface area contributed by atoms with Crippen LogP contribution in [0.4, 0.5) is 0 Å². The minimum Gasteiger partial charge on any atom is -0.359 e. The summed E-state index contributed by atoms with van der Waals surface area (Å²) in [5.41, 5.74) is 19.2. The van der Waals surface area contributed by atoms with Crippen molar-refractivity contribution in [3.8, 4) is 22.3 Å². The Morgan fingerprint density at radius 3 is 1.65 bits per heavy atom. The lowest BCUT2D eigenvalue weighted by molar-refractivity contribution is 0.635. The number of benzene rings is 9. The summed E-state index contributed by atoms with van der Waals surface area (Å²) < 4.78 is 2.63. The third kappa shape index (κ3) is 4.54. The predicted molar refractivity (Wildman–Crippen MR) is 261 cm³/mol. The molecule has 1 N–H and O–H groups in total. The van der Waals surface area contributed by atoms with Crippen molar-refractivity contribution < 1.29 is 0 Å². The smallest absolute Gasteiger partial charge is 0.134 e. The fourth-order valence-electron chi connectivity index (χ4n) is 12.0. The van der Waals surface area contributed by atoms with Crippen molar-refractivity contribution in [1.29, 1.82) is 0 Å². The molecule has 0 amide bonds. The van der Waals surface area contributed by atoms with Gasteiger partial charge in [-0.2, -0.15) is 0 Å². The topological polar surface area (TPSA) is 24.4 Å². The maximum atomic E-state index is 5.40. The normalized spacial score (nSPS) is 16.7. The van der Waals surface area contributed by atoms with E-state index in [1.54, 1.807) is 0 Å². The standard InChI is InChI=1S/C60H38N2S/c1-3-17-37(18-4-1)52-36-53(38-19-5-2-6-20-38)62-58(61-52)39-31-33-47-44(35-39)42-32-34-55-56(43-23-9-16-30-54(43)63-55)57(42)60(47)50-28-14-12-26-48(50)59(49-27-13-15-29-51(49)60)45-24-10-7-21-40(45)41-22-8-11-25-46(41)59/h1-36,52H,(H,61,62). The van der Waals surface area contributed by atoms with E-state index in [4.69, 9.17) is 4.99 Å². The second-order valence-corrected chi connectivity index (χ2v) is 18.4. The molecule has 9 aromatic carbocycles. The molecule has 1 atom stereocenters. The Kier molecular flexibility index (Phi) is 7.21. The lowest BCUT2D eigenvalue weighted by atomic mass is 9.52. The quantitative estimate of drug-likeness (QED) is 0.189. The number of rotatable bonds is 3. The molecule has 2 spiro atoms. The summed E-state index contributed by atoms with van der Waals surface area (Å²) in [4.78, 5) is 5.40. The van der Waals surface area contributed by atoms with Gasteiger partial charge in [0.05, 0.1) is 22.6 Å². The van der Waals surface area contributed by atoms with Gasteiger partial charge < -0.3 is 5.32 Å². The number of fused-ring (bicyclic) bond motifs is 20. The van der Waals surface area contributed by atoms with Crippen LogP contribution in [-0.4, -0.2) is 5.84 Å². The average molecular weight is 819 g/mol. The van der Waals surface area contributed by atoms with Crippen LogP contribution >= 0.6 is 11.3 Å². The van der Waals surface area contributed by atoms with Gasteiger partial charge in [0.15, 0.2) is 0 Å². The van der Waals surface area contributed by atoms with Crippen LogP contribution in [0.3, 0.4) is 0 Å². The Hall–Kier alpha value is -7.59. The van der Waals surface area contributed by atoms with Gasteiger partial charge in [-0.3, -0.25) is 0 Å². The first kappa shape index (κ1) is 35.1. The van der Waals surface area contributed by atoms with Gasteiger partial charge in [0.2, 0.25) is 0 Å². The first-order valence-electron chi connectivity index (χ1n) is 21.9. The molecule has 1 aromatic heterocycles. The molecule has 0 fully saturated rings. The van der Waals surface area contributed by atoms with Crippen LogP contribution in [0.25, 0.3) is 48.1 Å². The van der Waals surface area contributed by atoms with Crippen LogP contribution < -0.4 is 5.32 Å². The number of hydrogen-bond acceptors (Lipinski definition) is 3. The van der Waals surface area contributed by atoms with Crippen molar-refractivity contribution >= 4 is 43.0 Å². The third-order valence-electron chi connectivity index (χ3n) is 14.4. The molecule has 1 aliphatic heterocycles. The van der Waals surface area contributed by atoms with E-state index in [0.29, 0.717) is 0 Å². The molecule has 294 valence electrons. The lowest BCUT2D eigenvalue weighted by Crippen LogP contribution is -2.43. The minimum atomic E-state index is -0.610. The maximum absolute atomic E-state index is 5.40. The highest BCUT2D eigenvalue weighted by Crippen LogP contribution is 2.68. The minimum absolute atomic E-state index is 0.0389. The number of amidine groups is 1. The molecular formula is C60H38N2S. The summed E-state index contributed by atoms with van der Waals surface area (Å²) in [5.74, 6) is 0.875. The van der Waals surface area contributed by atoms with Gasteiger partial charge >= 0.3 is 0 Å². The van der Waals surface area contributed by atoms with Crippen LogP contribution in [0.15, 0.2) is 223 Å². The molecule has 1 unspecified atom stereocenters. The highest BCUT2D eigenvalue weighted by atomic mass is 32.1. The monoisotopic (exact) mass is 818 g/mol. The Bertz CT molecular complexity index is 3520. The Balaban J connectivity index is 1.08. The number of nitrogens with one attached hydrogen (secondary N) is 1. The molecule has 2 heterocycles. The second kappa shape index (κ2) is 13.0. The molecule has 14 rings (SSSR count). The molecule has 0 bridgehead atoms. The Morgan fingerprint density at radius 1 is 0.413 bits per heavy atom. The number of nitrogens with zero attached hydrogens (tertiary/aromatic N) is 1. The van der Waals surface area contributed by atoms with Crippen molar-refractivity contribution in [1.82, 2.24) is 5.32 Å². The van der Waals surface area contributed by atoms with Crippen LogP contribution in [-0.2, 0) is 10.8 Å². The zero-order valence-electron chi connectivity index (χ0n) is 34.2. The molecule has 63 heavy (non-hydrogen) atoms. The first-order chi connectivity index (χ1) is 31.2. The van der Waals surface area contributed by atoms with Gasteiger partial charge in [0.1, 0.15) is 5.84 Å². The SMILES string of the molecule is C1=C(c2ccccc2)N=C(c2ccc3c(c2)-c2ccc4sc5ccccc5c4c2C32c3ccccc3C3(c4ccccc4-c4ccccc43)c3ccccc32)NC1c1ccccc1. The van der Waals surface area contributed by atoms with Crippen molar-refractivity contribution in [2.45, 2.75) is 16.9 Å². The number of aliphatic imine (C=N–C) groups is 1. The highest BCUT2D eigenvalue weighted by Gasteiger charge is 2.59. The summed E-state index contributed by atoms with van der Waals surface area (Å²) in [7, 11) is 0. The number of thiophene rings is 1. The van der Waals surface area contributed by atoms with Gasteiger partial charge in [-0.1, -0.05) is 194 Å². The van der Waals surface area contributed by atoms with Crippen molar-refractivity contribution in [3.05, 3.63) is 280 Å². The molecule has 0 radical (unpaired) electrons. The lowest BCUT2D eigenvalue weighted by Gasteiger charge is -2.49. The first-order valence-corrected chi connectivity index (χ1v) is 22.7. The van der Waals surface area contributed by atoms with Crippen molar-refractivity contribution in [3.63, 3.8) is 0 Å². The van der Waals surface area contributed by atoms with Gasteiger partial charge in [0.25, 0.3) is 0 Å². The van der Waals surface area contributed by atoms with E-state index < -0.39 is 10.8 Å². The second-order valence-electron chi connectivity index (χ2n) is 17.3. The predicted octanol–water partition coefficient (Wildman–Crippen LogP) is 14.2. The molecule has 4 aliphatic rings. The molecule has 3 heteroatoms. The van der Waals surface area contributed by atoms with Gasteiger partial charge in [-0.15, -0.1) is 11.3 Å². The molecule has 0 saturated heterocycles. The Labute approximate surface area is 370 Å². The van der Waals surface area contributed by atoms with Crippen LogP contribution in [0, 0.1) is 0 Å². The molecule has 10 aromatic rings. The highest BCUT2D eigenvalue weighted by molar-refractivity contribution is 7.25. The Morgan fingerprint density at radius 2 is 0.968 bits per heavy atom.